The van der Waals surface area contributed by atoms with Crippen molar-refractivity contribution in [2.24, 2.45) is 5.92 Å². The average molecular weight is 410 g/mol. The maximum atomic E-state index is 12.1. The number of hydrogen-bond acceptors (Lipinski definition) is 4. The molecule has 1 atom stereocenters. The van der Waals surface area contributed by atoms with Gasteiger partial charge < -0.3 is 14.9 Å². The van der Waals surface area contributed by atoms with E-state index >= 15 is 0 Å². The number of benzene rings is 2. The van der Waals surface area contributed by atoms with E-state index in [0.717, 1.165) is 23.1 Å². The number of carboxylic acid groups (broad SMARTS) is 1. The molecule has 0 saturated carbocycles. The van der Waals surface area contributed by atoms with E-state index in [2.05, 4.69) is 6.92 Å². The number of para-hydroxylation sites is 1. The first-order chi connectivity index (χ1) is 13.9. The summed E-state index contributed by atoms with van der Waals surface area (Å²) in [5.74, 6) is -0.496. The molecule has 1 heterocycles. The van der Waals surface area contributed by atoms with Gasteiger partial charge in [0.05, 0.1) is 28.9 Å². The van der Waals surface area contributed by atoms with Crippen LogP contribution in [-0.4, -0.2) is 28.3 Å². The number of ether oxygens (including phenoxy) is 1. The van der Waals surface area contributed by atoms with Crippen molar-refractivity contribution in [1.82, 2.24) is 4.98 Å². The van der Waals surface area contributed by atoms with Crippen LogP contribution in [-0.2, 0) is 6.42 Å². The lowest BCUT2D eigenvalue weighted by Crippen LogP contribution is -2.17. The smallest absolute Gasteiger partial charge is 0.336 e. The van der Waals surface area contributed by atoms with Gasteiger partial charge in [-0.05, 0) is 59.7 Å². The van der Waals surface area contributed by atoms with Gasteiger partial charge in [0, 0.05) is 5.39 Å². The highest BCUT2D eigenvalue weighted by Gasteiger charge is 2.28. The van der Waals surface area contributed by atoms with E-state index in [0.29, 0.717) is 28.6 Å². The second-order valence-electron chi connectivity index (χ2n) is 7.37. The number of methoxy groups -OCH3 is 1. The van der Waals surface area contributed by atoms with Crippen LogP contribution in [0.3, 0.4) is 0 Å². The summed E-state index contributed by atoms with van der Waals surface area (Å²) in [6, 6.07) is 10.7. The summed E-state index contributed by atoms with van der Waals surface area (Å²) >= 11 is 6.14. The van der Waals surface area contributed by atoms with Crippen LogP contribution in [0.5, 0.6) is 11.5 Å². The first kappa shape index (κ1) is 19.3. The van der Waals surface area contributed by atoms with Gasteiger partial charge in [-0.2, -0.15) is 0 Å². The maximum absolute atomic E-state index is 12.1. The number of aromatic carboxylic acids is 1. The summed E-state index contributed by atoms with van der Waals surface area (Å²) in [5.41, 5.74) is 4.15. The Hall–Kier alpha value is -3.05. The van der Waals surface area contributed by atoms with E-state index in [-0.39, 0.29) is 22.4 Å². The minimum atomic E-state index is -0.942. The Morgan fingerprint density at radius 1 is 1.28 bits per heavy atom. The van der Waals surface area contributed by atoms with E-state index < -0.39 is 5.97 Å². The Morgan fingerprint density at radius 3 is 2.76 bits per heavy atom. The number of carboxylic acids is 1. The first-order valence-corrected chi connectivity index (χ1v) is 9.69. The molecule has 29 heavy (non-hydrogen) atoms. The second kappa shape index (κ2) is 7.41. The molecule has 5 nitrogen and oxygen atoms in total. The molecule has 6 heteroatoms. The number of rotatable bonds is 3. The fraction of sp³-hybridized carbons (Fsp3) is 0.217. The topological polar surface area (TPSA) is 79.7 Å². The Labute approximate surface area is 173 Å². The third-order valence-corrected chi connectivity index (χ3v) is 5.53. The van der Waals surface area contributed by atoms with Gasteiger partial charge in [-0.15, -0.1) is 0 Å². The predicted octanol–water partition coefficient (Wildman–Crippen LogP) is 5.42. The fourth-order valence-corrected chi connectivity index (χ4v) is 4.23. The number of pyridine rings is 1. The largest absolute Gasteiger partial charge is 0.503 e. The Morgan fingerprint density at radius 2 is 2.03 bits per heavy atom. The molecule has 0 saturated heterocycles. The van der Waals surface area contributed by atoms with Crippen molar-refractivity contribution in [2.75, 3.05) is 7.11 Å². The molecule has 4 rings (SSSR count). The number of aromatic nitrogens is 1. The fourth-order valence-electron chi connectivity index (χ4n) is 4.01. The SMILES string of the molecule is COc1cc(C=C2CC(C)Cc3c2nc2ccccc2c3C(=O)O)cc(Cl)c1O. The standard InChI is InChI=1S/C23H20ClNO4/c1-12-7-14(9-13-10-17(24)22(26)19(11-13)29-2)21-16(8-12)20(23(27)28)15-5-3-4-6-18(15)25-21/h3-6,9-12,26H,7-8H2,1-2H3,(H,27,28). The maximum Gasteiger partial charge on any atom is 0.336 e. The number of aromatic hydroxyl groups is 1. The van der Waals surface area contributed by atoms with E-state index in [9.17, 15) is 15.0 Å². The third-order valence-electron chi connectivity index (χ3n) is 5.24. The molecular formula is C23H20ClNO4. The lowest BCUT2D eigenvalue weighted by Gasteiger charge is -2.26. The molecule has 3 aromatic rings. The van der Waals surface area contributed by atoms with Crippen molar-refractivity contribution in [3.05, 3.63) is 63.8 Å². The molecule has 2 aromatic carbocycles. The van der Waals surface area contributed by atoms with E-state index in [1.54, 1.807) is 18.2 Å². The zero-order chi connectivity index (χ0) is 20.7. The van der Waals surface area contributed by atoms with Gasteiger partial charge in [-0.25, -0.2) is 9.78 Å². The van der Waals surface area contributed by atoms with Crippen molar-refractivity contribution < 1.29 is 19.7 Å². The number of allylic oxidation sites excluding steroid dienone is 1. The van der Waals surface area contributed by atoms with Crippen LogP contribution in [0.4, 0.5) is 0 Å². The lowest BCUT2D eigenvalue weighted by atomic mass is 9.80. The summed E-state index contributed by atoms with van der Waals surface area (Å²) < 4.78 is 5.20. The molecule has 1 aliphatic carbocycles. The summed E-state index contributed by atoms with van der Waals surface area (Å²) in [6.07, 6.45) is 3.36. The first-order valence-electron chi connectivity index (χ1n) is 9.31. The van der Waals surface area contributed by atoms with Crippen molar-refractivity contribution in [3.8, 4) is 11.5 Å². The highest BCUT2D eigenvalue weighted by atomic mass is 35.5. The van der Waals surface area contributed by atoms with Crippen molar-refractivity contribution in [2.45, 2.75) is 19.8 Å². The second-order valence-corrected chi connectivity index (χ2v) is 7.78. The van der Waals surface area contributed by atoms with Gasteiger partial charge in [0.2, 0.25) is 0 Å². The monoisotopic (exact) mass is 409 g/mol. The summed E-state index contributed by atoms with van der Waals surface area (Å²) in [7, 11) is 1.47. The quantitative estimate of drug-likeness (QED) is 0.603. The van der Waals surface area contributed by atoms with Gasteiger partial charge in [-0.3, -0.25) is 0 Å². The highest BCUT2D eigenvalue weighted by Crippen LogP contribution is 2.40. The molecule has 0 fully saturated rings. The third kappa shape index (κ3) is 3.42. The number of halogens is 1. The van der Waals surface area contributed by atoms with Crippen LogP contribution in [0.1, 0.15) is 40.5 Å². The van der Waals surface area contributed by atoms with Crippen LogP contribution < -0.4 is 4.74 Å². The Kier molecular flexibility index (Phi) is 4.92. The predicted molar refractivity (Wildman–Crippen MR) is 114 cm³/mol. The van der Waals surface area contributed by atoms with E-state index in [4.69, 9.17) is 21.3 Å². The average Bonchev–Trinajstić information content (AvgIpc) is 2.68. The molecule has 1 unspecified atom stereocenters. The molecule has 0 radical (unpaired) electrons. The van der Waals surface area contributed by atoms with Gasteiger partial charge >= 0.3 is 5.97 Å². The zero-order valence-corrected chi connectivity index (χ0v) is 16.8. The van der Waals surface area contributed by atoms with Crippen molar-refractivity contribution in [3.63, 3.8) is 0 Å². The van der Waals surface area contributed by atoms with Crippen LogP contribution >= 0.6 is 11.6 Å². The number of fused-ring (bicyclic) bond motifs is 2. The van der Waals surface area contributed by atoms with Crippen LogP contribution in [0.15, 0.2) is 36.4 Å². The van der Waals surface area contributed by atoms with Crippen LogP contribution in [0, 0.1) is 5.92 Å². The van der Waals surface area contributed by atoms with Crippen LogP contribution in [0.25, 0.3) is 22.6 Å². The summed E-state index contributed by atoms with van der Waals surface area (Å²) in [6.45, 7) is 2.10. The van der Waals surface area contributed by atoms with Gasteiger partial charge in [0.25, 0.3) is 0 Å². The molecule has 0 aliphatic heterocycles. The molecule has 148 valence electrons. The molecule has 0 amide bonds. The number of hydrogen-bond donors (Lipinski definition) is 2. The lowest BCUT2D eigenvalue weighted by molar-refractivity contribution is 0.0697. The Balaban J connectivity index is 1.97. The minimum Gasteiger partial charge on any atom is -0.503 e. The molecular weight excluding hydrogens is 390 g/mol. The molecule has 0 bridgehead atoms. The molecule has 2 N–H and O–H groups in total. The molecule has 0 spiro atoms. The number of phenolic OH excluding ortho intramolecular Hbond substituents is 1. The normalized spacial score (nSPS) is 17.3. The number of phenols is 1. The van der Waals surface area contributed by atoms with Gasteiger partial charge in [0.1, 0.15) is 0 Å². The minimum absolute atomic E-state index is 0.106. The van der Waals surface area contributed by atoms with Gasteiger partial charge in [0.15, 0.2) is 11.5 Å². The van der Waals surface area contributed by atoms with Crippen LogP contribution in [0.2, 0.25) is 5.02 Å². The number of nitrogens with zero attached hydrogens (tertiary/aromatic N) is 1. The summed E-state index contributed by atoms with van der Waals surface area (Å²) in [5, 5.41) is 20.8. The van der Waals surface area contributed by atoms with E-state index in [1.807, 2.05) is 24.3 Å². The molecule has 1 aromatic heterocycles. The highest BCUT2D eigenvalue weighted by molar-refractivity contribution is 6.32. The van der Waals surface area contributed by atoms with E-state index in [1.165, 1.54) is 7.11 Å². The number of carbonyl (C=O) groups is 1. The molecule has 1 aliphatic rings. The van der Waals surface area contributed by atoms with Gasteiger partial charge in [-0.1, -0.05) is 36.7 Å². The summed E-state index contributed by atoms with van der Waals surface area (Å²) in [4.78, 5) is 16.9. The van der Waals surface area contributed by atoms with Crippen molar-refractivity contribution >= 4 is 40.1 Å². The van der Waals surface area contributed by atoms with Crippen molar-refractivity contribution in [1.29, 1.82) is 0 Å². The zero-order valence-electron chi connectivity index (χ0n) is 16.1. The Bertz CT molecular complexity index is 1170.